The molecule has 0 spiro atoms. The number of hydrogen-bond acceptors (Lipinski definition) is 8. The Kier molecular flexibility index (Phi) is 154. The van der Waals surface area contributed by atoms with Crippen LogP contribution in [-0.2, 0) is 36.8 Å². The van der Waals surface area contributed by atoms with Crippen molar-refractivity contribution in [1.82, 2.24) is 4.98 Å². The fourth-order valence-corrected chi connectivity index (χ4v) is 5.40. The molecule has 0 amide bonds. The lowest BCUT2D eigenvalue weighted by molar-refractivity contribution is -0.127. The van der Waals surface area contributed by atoms with Gasteiger partial charge >= 0.3 is 0 Å². The van der Waals surface area contributed by atoms with Gasteiger partial charge in [-0.15, -0.1) is 0 Å². The average molecular weight is 1630 g/mol. The van der Waals surface area contributed by atoms with E-state index in [0.29, 0.717) is 28.8 Å². The van der Waals surface area contributed by atoms with E-state index in [2.05, 4.69) is 88.2 Å². The molecule has 0 aliphatic carbocycles. The topological polar surface area (TPSA) is 111 Å². The lowest BCUT2D eigenvalue weighted by Gasteiger charge is -2.21. The number of carbonyl (C=O) groups excluding carboxylic acids is 5. The van der Waals surface area contributed by atoms with Gasteiger partial charge in [0.2, 0.25) is 0 Å². The van der Waals surface area contributed by atoms with Crippen LogP contribution in [0, 0.1) is 37.9 Å². The van der Waals surface area contributed by atoms with E-state index in [0.717, 1.165) is 17.5 Å². The van der Waals surface area contributed by atoms with Crippen LogP contribution in [0.3, 0.4) is 0 Å². The first-order valence-electron chi connectivity index (χ1n) is 44.4. The number of aromatic nitrogens is 1. The van der Waals surface area contributed by atoms with E-state index in [-0.39, 0.29) is 50.3 Å². The summed E-state index contributed by atoms with van der Waals surface area (Å²) >= 11 is 1.71. The van der Waals surface area contributed by atoms with Crippen molar-refractivity contribution in [3.05, 3.63) is 222 Å². The molecule has 115 heavy (non-hydrogen) atoms. The van der Waals surface area contributed by atoms with E-state index in [1.807, 2.05) is 455 Å². The van der Waals surface area contributed by atoms with E-state index in [1.54, 1.807) is 57.0 Å². The van der Waals surface area contributed by atoms with Crippen LogP contribution in [0.25, 0.3) is 0 Å². The maximum atomic E-state index is 12.0. The molecule has 7 nitrogen and oxygen atoms in total. The van der Waals surface area contributed by atoms with Gasteiger partial charge in [-0.25, -0.2) is 0 Å². The minimum Gasteiger partial charge on any atom is -0.473 e. The molecule has 0 N–H and O–H groups in total. The van der Waals surface area contributed by atoms with Crippen molar-refractivity contribution in [3.8, 4) is 0 Å². The summed E-state index contributed by atoms with van der Waals surface area (Å²) in [5.74, 6) is 1.31. The van der Waals surface area contributed by atoms with Gasteiger partial charge in [0.1, 0.15) is 28.9 Å². The lowest BCUT2D eigenvalue weighted by Crippen LogP contribution is -2.25. The Hall–Kier alpha value is -6.64. The van der Waals surface area contributed by atoms with Gasteiger partial charge in [0.15, 0.2) is 0 Å². The van der Waals surface area contributed by atoms with E-state index in [4.69, 9.17) is 0 Å². The van der Waals surface area contributed by atoms with Gasteiger partial charge in [-0.1, -0.05) is 505 Å². The summed E-state index contributed by atoms with van der Waals surface area (Å²) in [4.78, 5) is 58.8. The molecular weight excluding hydrogens is 1430 g/mol. The second-order valence-corrected chi connectivity index (χ2v) is 29.2. The third kappa shape index (κ3) is 149. The predicted molar refractivity (Wildman–Crippen MR) is 536 cm³/mol. The van der Waals surface area contributed by atoms with E-state index >= 15 is 0 Å². The molecule has 0 radical (unpaired) electrons. The van der Waals surface area contributed by atoms with Gasteiger partial charge in [0.05, 0.1) is 12.5 Å². The zero-order valence-corrected chi connectivity index (χ0v) is 88.0. The third-order valence-corrected chi connectivity index (χ3v) is 13.0. The normalized spacial score (nSPS) is 9.03. The fraction of sp³-hybridized carbons (Fsp3) is 0.607. The van der Waals surface area contributed by atoms with Crippen molar-refractivity contribution in [2.24, 2.45) is 37.9 Å². The number of hydrogen-bond donors (Lipinski definition) is 0. The van der Waals surface area contributed by atoms with Gasteiger partial charge in [-0.3, -0.25) is 29.0 Å². The molecule has 1 atom stereocenters. The minimum absolute atomic E-state index is 0.00352. The first kappa shape index (κ1) is 153. The molecule has 3 heterocycles. The van der Waals surface area contributed by atoms with Crippen LogP contribution in [0.5, 0.6) is 0 Å². The Labute approximate surface area is 728 Å². The number of Topliss-reactive ketones (excluding diaryl/α,β-unsaturated/α-hetero) is 5. The molecule has 0 bridgehead atoms. The quantitative estimate of drug-likeness (QED) is 0.169. The van der Waals surface area contributed by atoms with Crippen LogP contribution in [-0.4, -0.2) is 33.9 Å². The van der Waals surface area contributed by atoms with Crippen LogP contribution in [0.15, 0.2) is 210 Å². The number of benzene rings is 4. The summed E-state index contributed by atoms with van der Waals surface area (Å²) < 4.78 is 4.58. The Morgan fingerprint density at radius 1 is 0.313 bits per heavy atom. The molecule has 7 aromatic rings. The molecule has 1 unspecified atom stereocenters. The number of ketones is 5. The standard InChI is InChI=1S/C13H18O.C12H16O.C11H16.3C6H12O.C6H6.C6H14.C5H5N.C4H4O.C4H4S.14C2H6/c1-10(12(14)13(2,3)4)11-8-6-5-7-9-11;1-12(2,3)11(13)9-10-7-5-4-6-8-10;1-11(2,3)9-10-7-5-4-6-8-10;3*1-5(7)6(2,3)4;1-2-4-6-5-3-1;1-5-6(2,3)4;1-2-4-6-5-3-1;2*1-2-4-5-3-1;14*1-2/h5-10H,1-4H3;4-8H,9H2,1-3H3;4-8H,9H2,1-3H3;3*1-4H3;1-6H;5H2,1-4H3;1-5H;2*1-4H;14*1-2H3. The smallest absolute Gasteiger partial charge is 0.145 e. The molecule has 0 aliphatic rings. The second-order valence-electron chi connectivity index (χ2n) is 28.4. The Morgan fingerprint density at radius 2 is 0.539 bits per heavy atom. The van der Waals surface area contributed by atoms with Gasteiger partial charge in [0.25, 0.3) is 0 Å². The molecule has 0 aliphatic heterocycles. The highest BCUT2D eigenvalue weighted by Crippen LogP contribution is 2.27. The highest BCUT2D eigenvalue weighted by molar-refractivity contribution is 7.07. The first-order chi connectivity index (χ1) is 53.9. The van der Waals surface area contributed by atoms with Crippen LogP contribution in [0.4, 0.5) is 0 Å². The highest BCUT2D eigenvalue weighted by atomic mass is 32.1. The summed E-state index contributed by atoms with van der Waals surface area (Å²) in [5, 5.41) is 4.08. The summed E-state index contributed by atoms with van der Waals surface area (Å²) in [6.07, 6.45) is 9.73. The maximum absolute atomic E-state index is 12.0. The highest BCUT2D eigenvalue weighted by Gasteiger charge is 2.27. The Bertz CT molecular complexity index is 2490. The van der Waals surface area contributed by atoms with Crippen molar-refractivity contribution < 1.29 is 28.4 Å². The molecule has 7 rings (SSSR count). The largest absolute Gasteiger partial charge is 0.473 e. The molecule has 678 valence electrons. The second kappa shape index (κ2) is 116. The molecule has 4 aromatic carbocycles. The van der Waals surface area contributed by atoms with Crippen molar-refractivity contribution in [1.29, 1.82) is 0 Å². The molecule has 3 aromatic heterocycles. The number of carbonyl (C=O) groups is 5. The van der Waals surface area contributed by atoms with Crippen molar-refractivity contribution in [2.75, 3.05) is 0 Å². The fourth-order valence-electron chi connectivity index (χ4n) is 4.95. The van der Waals surface area contributed by atoms with Crippen LogP contribution >= 0.6 is 11.3 Å². The van der Waals surface area contributed by atoms with Gasteiger partial charge in [0, 0.05) is 51.8 Å². The van der Waals surface area contributed by atoms with Gasteiger partial charge in [-0.2, -0.15) is 11.3 Å². The number of thiophene rings is 1. The van der Waals surface area contributed by atoms with Crippen molar-refractivity contribution in [3.63, 3.8) is 0 Å². The first-order valence-corrected chi connectivity index (χ1v) is 45.4. The van der Waals surface area contributed by atoms with E-state index in [9.17, 15) is 24.0 Å². The molecule has 0 fully saturated rings. The van der Waals surface area contributed by atoms with Crippen LogP contribution in [0.2, 0.25) is 0 Å². The molecule has 0 saturated heterocycles. The number of pyridine rings is 1. The summed E-state index contributed by atoms with van der Waals surface area (Å²) in [7, 11) is 0. The predicted octanol–water partition coefficient (Wildman–Crippen LogP) is 37.0. The van der Waals surface area contributed by atoms with Gasteiger partial charge < -0.3 is 4.42 Å². The molecular formula is C107H203NO6S. The van der Waals surface area contributed by atoms with Crippen molar-refractivity contribution >= 4 is 40.3 Å². The van der Waals surface area contributed by atoms with E-state index in [1.165, 1.54) is 12.0 Å². The van der Waals surface area contributed by atoms with Crippen LogP contribution < -0.4 is 0 Å². The molecule has 8 heteroatoms. The number of furan rings is 1. The minimum atomic E-state index is -0.255. The number of nitrogens with zero attached hydrogens (tertiary/aromatic N) is 1. The zero-order chi connectivity index (χ0) is 96.0. The number of rotatable bonds is 5. The zero-order valence-electron chi connectivity index (χ0n) is 87.1. The third-order valence-electron chi connectivity index (χ3n) is 12.4. The summed E-state index contributed by atoms with van der Waals surface area (Å²) in [5.41, 5.74) is 3.68. The SMILES string of the molecule is CC.CC.CC.CC.CC.CC.CC.CC.CC.CC.CC.CC.CC.CC.CC(=O)C(C)(C)C.CC(=O)C(C)(C)C.CC(=O)C(C)(C)C.CC(C(=O)C(C)(C)C)c1ccccc1.CC(C)(C)C(=O)Cc1ccccc1.CC(C)(C)Cc1ccccc1.CCC(C)(C)C.c1ccccc1.c1ccncc1.c1ccoc1.c1ccsc1. The van der Waals surface area contributed by atoms with Crippen LogP contribution in [0.1, 0.15) is 403 Å². The lowest BCUT2D eigenvalue weighted by atomic mass is 9.81. The average Bonchev–Trinajstić information content (AvgIpc) is 1.35. The summed E-state index contributed by atoms with van der Waals surface area (Å²) in [6, 6.07) is 55.9. The monoisotopic (exact) mass is 1630 g/mol. The summed E-state index contributed by atoms with van der Waals surface area (Å²) in [6.45, 7) is 108. The Morgan fingerprint density at radius 3 is 0.696 bits per heavy atom. The maximum Gasteiger partial charge on any atom is 0.145 e. The van der Waals surface area contributed by atoms with Gasteiger partial charge in [-0.05, 0) is 89.7 Å². The Balaban J connectivity index is -0.0000000551. The van der Waals surface area contributed by atoms with Crippen molar-refractivity contribution in [2.45, 2.75) is 399 Å². The van der Waals surface area contributed by atoms with E-state index < -0.39 is 0 Å². The molecule has 0 saturated carbocycles.